The zero-order valence-corrected chi connectivity index (χ0v) is 13.5. The summed E-state index contributed by atoms with van der Waals surface area (Å²) in [5, 5.41) is 9.52. The molecule has 3 nitrogen and oxygen atoms in total. The average molecular weight is 325 g/mol. The van der Waals surface area contributed by atoms with Crippen LogP contribution in [0.3, 0.4) is 0 Å². The van der Waals surface area contributed by atoms with Crippen LogP contribution >= 0.6 is 0 Å². The Labute approximate surface area is 135 Å². The number of likely N-dealkylation sites (N-methyl/N-ethyl adjacent to an activating group) is 1. The summed E-state index contributed by atoms with van der Waals surface area (Å²) in [6, 6.07) is 7.09. The smallest absolute Gasteiger partial charge is 0.298 e. The number of hydrogen-bond acceptors (Lipinski definition) is 3. The summed E-state index contributed by atoms with van der Waals surface area (Å²) >= 11 is 0. The molecule has 0 saturated carbocycles. The van der Waals surface area contributed by atoms with E-state index in [0.717, 1.165) is 44.7 Å². The topological polar surface area (TPSA) is 30.3 Å². The fraction of sp³-hybridized carbons (Fsp3) is 0.588. The molecule has 1 aromatic rings. The number of piperazine rings is 1. The van der Waals surface area contributed by atoms with Gasteiger partial charge in [0.25, 0.3) is 0 Å². The van der Waals surface area contributed by atoms with Crippen molar-refractivity contribution in [2.24, 2.45) is 0 Å². The minimum Gasteiger partial charge on any atom is -0.298 e. The van der Waals surface area contributed by atoms with Gasteiger partial charge in [0, 0.05) is 25.7 Å². The number of halogens is 3. The third-order valence-electron chi connectivity index (χ3n) is 4.55. The third kappa shape index (κ3) is 4.04. The number of rotatable bonds is 4. The van der Waals surface area contributed by atoms with Gasteiger partial charge in [0.2, 0.25) is 0 Å². The average Bonchev–Trinajstić information content (AvgIpc) is 2.55. The molecule has 2 rings (SSSR count). The van der Waals surface area contributed by atoms with Gasteiger partial charge in [-0.15, -0.1) is 0 Å². The summed E-state index contributed by atoms with van der Waals surface area (Å²) < 4.78 is 38.0. The van der Waals surface area contributed by atoms with Gasteiger partial charge in [-0.05, 0) is 30.7 Å². The molecule has 23 heavy (non-hydrogen) atoms. The Morgan fingerprint density at radius 2 is 1.87 bits per heavy atom. The van der Waals surface area contributed by atoms with Crippen molar-refractivity contribution in [1.29, 1.82) is 5.26 Å². The van der Waals surface area contributed by atoms with Crippen molar-refractivity contribution in [3.8, 4) is 6.07 Å². The first-order chi connectivity index (χ1) is 10.9. The van der Waals surface area contributed by atoms with Crippen LogP contribution in [0.2, 0.25) is 0 Å². The molecule has 2 atom stereocenters. The van der Waals surface area contributed by atoms with Gasteiger partial charge < -0.3 is 0 Å². The maximum atomic E-state index is 12.7. The summed E-state index contributed by atoms with van der Waals surface area (Å²) in [7, 11) is 0. The van der Waals surface area contributed by atoms with E-state index in [1.807, 2.05) is 0 Å². The lowest BCUT2D eigenvalue weighted by molar-refractivity contribution is -0.137. The van der Waals surface area contributed by atoms with E-state index in [9.17, 15) is 18.4 Å². The molecule has 1 aliphatic rings. The van der Waals surface area contributed by atoms with Crippen molar-refractivity contribution in [2.45, 2.75) is 38.5 Å². The van der Waals surface area contributed by atoms with Gasteiger partial charge in [-0.25, -0.2) is 0 Å². The fourth-order valence-electron chi connectivity index (χ4n) is 3.18. The zero-order valence-electron chi connectivity index (χ0n) is 13.5. The second-order valence-corrected chi connectivity index (χ2v) is 5.84. The van der Waals surface area contributed by atoms with E-state index in [1.54, 1.807) is 0 Å². The minimum absolute atomic E-state index is 0.388. The maximum Gasteiger partial charge on any atom is 0.416 e. The van der Waals surface area contributed by atoms with E-state index in [2.05, 4.69) is 29.7 Å². The van der Waals surface area contributed by atoms with E-state index in [1.165, 1.54) is 12.1 Å². The third-order valence-corrected chi connectivity index (χ3v) is 4.55. The Bertz CT molecular complexity index is 548. The van der Waals surface area contributed by atoms with Gasteiger partial charge in [-0.2, -0.15) is 18.4 Å². The van der Waals surface area contributed by atoms with Crippen LogP contribution < -0.4 is 0 Å². The normalized spacial score (nSPS) is 21.8. The highest BCUT2D eigenvalue weighted by atomic mass is 19.4. The predicted molar refractivity (Wildman–Crippen MR) is 82.7 cm³/mol. The molecule has 0 bridgehead atoms. The van der Waals surface area contributed by atoms with Gasteiger partial charge in [-0.1, -0.05) is 26.0 Å². The highest BCUT2D eigenvalue weighted by Gasteiger charge is 2.32. The lowest BCUT2D eigenvalue weighted by Gasteiger charge is -2.42. The van der Waals surface area contributed by atoms with E-state index in [-0.39, 0.29) is 0 Å². The molecule has 0 N–H and O–H groups in total. The number of nitrogens with zero attached hydrogens (tertiary/aromatic N) is 3. The van der Waals surface area contributed by atoms with Crippen LogP contribution in [0.4, 0.5) is 13.2 Å². The number of nitriles is 1. The van der Waals surface area contributed by atoms with E-state index in [0.29, 0.717) is 11.6 Å². The summed E-state index contributed by atoms with van der Waals surface area (Å²) in [5.74, 6) is 0. The molecule has 1 heterocycles. The molecule has 1 fully saturated rings. The molecular weight excluding hydrogens is 303 g/mol. The van der Waals surface area contributed by atoms with Crippen molar-refractivity contribution >= 4 is 0 Å². The summed E-state index contributed by atoms with van der Waals surface area (Å²) in [6.07, 6.45) is -3.35. The predicted octanol–water partition coefficient (Wildman–Crippen LogP) is 3.69. The summed E-state index contributed by atoms with van der Waals surface area (Å²) in [4.78, 5) is 4.46. The van der Waals surface area contributed by atoms with Crippen LogP contribution in [0, 0.1) is 11.3 Å². The van der Waals surface area contributed by atoms with Crippen LogP contribution in [-0.4, -0.2) is 42.0 Å². The molecule has 126 valence electrons. The molecule has 2 unspecified atom stereocenters. The monoisotopic (exact) mass is 325 g/mol. The molecule has 0 amide bonds. The maximum absolute atomic E-state index is 12.7. The van der Waals surface area contributed by atoms with Gasteiger partial charge in [0.1, 0.15) is 6.04 Å². The number of benzene rings is 1. The van der Waals surface area contributed by atoms with Crippen molar-refractivity contribution in [2.75, 3.05) is 26.2 Å². The second-order valence-electron chi connectivity index (χ2n) is 5.84. The van der Waals surface area contributed by atoms with Crippen LogP contribution in [0.5, 0.6) is 0 Å². The van der Waals surface area contributed by atoms with Gasteiger partial charge in [0.05, 0.1) is 11.6 Å². The van der Waals surface area contributed by atoms with Crippen LogP contribution in [-0.2, 0) is 6.18 Å². The van der Waals surface area contributed by atoms with Crippen molar-refractivity contribution < 1.29 is 13.2 Å². The lowest BCUT2D eigenvalue weighted by atomic mass is 10.0. The number of alkyl halides is 3. The highest BCUT2D eigenvalue weighted by Crippen LogP contribution is 2.31. The molecule has 0 aromatic heterocycles. The van der Waals surface area contributed by atoms with Crippen LogP contribution in [0.1, 0.15) is 37.4 Å². The fourth-order valence-corrected chi connectivity index (χ4v) is 3.18. The highest BCUT2D eigenvalue weighted by molar-refractivity contribution is 5.30. The molecule has 1 aliphatic heterocycles. The molecule has 1 saturated heterocycles. The van der Waals surface area contributed by atoms with Gasteiger partial charge in [-0.3, -0.25) is 9.80 Å². The Morgan fingerprint density at radius 1 is 1.22 bits per heavy atom. The van der Waals surface area contributed by atoms with E-state index in [4.69, 9.17) is 0 Å². The minimum atomic E-state index is -4.35. The Hall–Kier alpha value is -1.58. The van der Waals surface area contributed by atoms with Crippen molar-refractivity contribution in [1.82, 2.24) is 9.80 Å². The van der Waals surface area contributed by atoms with Crippen LogP contribution in [0.15, 0.2) is 24.3 Å². The second kappa shape index (κ2) is 7.33. The van der Waals surface area contributed by atoms with Crippen LogP contribution in [0.25, 0.3) is 0 Å². The molecule has 0 radical (unpaired) electrons. The standard InChI is InChI=1S/C17H22F3N3/c1-3-15-12-23(10-9-22(15)4-2)16(11-21)13-5-7-14(8-6-13)17(18,19)20/h5-8,15-16H,3-4,9-10,12H2,1-2H3. The molecule has 0 spiro atoms. The largest absolute Gasteiger partial charge is 0.416 e. The zero-order chi connectivity index (χ0) is 17.0. The van der Waals surface area contributed by atoms with E-state index >= 15 is 0 Å². The summed E-state index contributed by atoms with van der Waals surface area (Å²) in [6.45, 7) is 7.62. The van der Waals surface area contributed by atoms with Crippen molar-refractivity contribution in [3.63, 3.8) is 0 Å². The first-order valence-electron chi connectivity index (χ1n) is 7.95. The summed E-state index contributed by atoms with van der Waals surface area (Å²) in [5.41, 5.74) is -0.0551. The SMILES string of the molecule is CCC1CN(C(C#N)c2ccc(C(F)(F)F)cc2)CCN1CC. The molecule has 0 aliphatic carbocycles. The molecule has 6 heteroatoms. The molecule has 1 aromatic carbocycles. The van der Waals surface area contributed by atoms with Gasteiger partial charge in [0.15, 0.2) is 0 Å². The Morgan fingerprint density at radius 3 is 2.35 bits per heavy atom. The number of hydrogen-bond donors (Lipinski definition) is 0. The first-order valence-corrected chi connectivity index (χ1v) is 7.95. The Balaban J connectivity index is 2.15. The molecular formula is C17H22F3N3. The lowest BCUT2D eigenvalue weighted by Crippen LogP contribution is -2.53. The van der Waals surface area contributed by atoms with Gasteiger partial charge >= 0.3 is 6.18 Å². The van der Waals surface area contributed by atoms with E-state index < -0.39 is 17.8 Å². The van der Waals surface area contributed by atoms with Crippen molar-refractivity contribution in [3.05, 3.63) is 35.4 Å². The first kappa shape index (κ1) is 17.8. The Kier molecular flexibility index (Phi) is 5.66. The quantitative estimate of drug-likeness (QED) is 0.846.